The molecule has 1 aliphatic heterocycles. The highest BCUT2D eigenvalue weighted by molar-refractivity contribution is 5.52. The van der Waals surface area contributed by atoms with Crippen molar-refractivity contribution >= 4 is 0 Å². The molecule has 1 aromatic carbocycles. The summed E-state index contributed by atoms with van der Waals surface area (Å²) in [6.45, 7) is 4.99. The van der Waals surface area contributed by atoms with Gasteiger partial charge in [-0.05, 0) is 49.9 Å². The second-order valence-corrected chi connectivity index (χ2v) is 6.71. The molecular formula is C17H24FNO2. The number of alkyl halides is 1. The molecule has 0 spiro atoms. The quantitative estimate of drug-likeness (QED) is 0.928. The average Bonchev–Trinajstić information content (AvgIpc) is 2.60. The molecule has 0 unspecified atom stereocenters. The molecule has 2 N–H and O–H groups in total. The summed E-state index contributed by atoms with van der Waals surface area (Å²) in [6.07, 6.45) is 4.04. The van der Waals surface area contributed by atoms with E-state index in [0.717, 1.165) is 37.0 Å². The maximum atomic E-state index is 14.7. The van der Waals surface area contributed by atoms with E-state index in [-0.39, 0.29) is 5.41 Å². The lowest BCUT2D eigenvalue weighted by atomic mass is 9.62. The van der Waals surface area contributed by atoms with Gasteiger partial charge < -0.3 is 15.2 Å². The zero-order chi connectivity index (χ0) is 15.1. The van der Waals surface area contributed by atoms with Crippen LogP contribution >= 0.6 is 0 Å². The number of halogens is 1. The summed E-state index contributed by atoms with van der Waals surface area (Å²) in [7, 11) is 0. The van der Waals surface area contributed by atoms with Gasteiger partial charge in [-0.25, -0.2) is 4.39 Å². The summed E-state index contributed by atoms with van der Waals surface area (Å²) >= 11 is 0. The smallest absolute Gasteiger partial charge is 0.161 e. The largest absolute Gasteiger partial charge is 0.490 e. The topological polar surface area (TPSA) is 44.5 Å². The lowest BCUT2D eigenvalue weighted by Gasteiger charge is -2.44. The van der Waals surface area contributed by atoms with E-state index in [0.29, 0.717) is 31.1 Å². The minimum absolute atomic E-state index is 0.0939. The van der Waals surface area contributed by atoms with Crippen LogP contribution in [-0.2, 0) is 11.1 Å². The van der Waals surface area contributed by atoms with E-state index in [4.69, 9.17) is 15.2 Å². The van der Waals surface area contributed by atoms with Crippen LogP contribution < -0.4 is 15.2 Å². The van der Waals surface area contributed by atoms with Crippen molar-refractivity contribution in [1.29, 1.82) is 0 Å². The fourth-order valence-corrected chi connectivity index (χ4v) is 3.33. The SMILES string of the molecule is CC(C)(F)c1cc2c(cc1C1(CN)CCC1)OCCCO2. The van der Waals surface area contributed by atoms with E-state index in [9.17, 15) is 4.39 Å². The summed E-state index contributed by atoms with van der Waals surface area (Å²) in [6, 6.07) is 3.80. The normalized spacial score (nSPS) is 20.6. The summed E-state index contributed by atoms with van der Waals surface area (Å²) in [5.74, 6) is 1.39. The Labute approximate surface area is 125 Å². The summed E-state index contributed by atoms with van der Waals surface area (Å²) in [5.41, 5.74) is 6.21. The monoisotopic (exact) mass is 293 g/mol. The fraction of sp³-hybridized carbons (Fsp3) is 0.647. The highest BCUT2D eigenvalue weighted by Crippen LogP contribution is 2.49. The maximum absolute atomic E-state index is 14.7. The summed E-state index contributed by atoms with van der Waals surface area (Å²) < 4.78 is 26.2. The number of fused-ring (bicyclic) bond motifs is 1. The van der Waals surface area contributed by atoms with Gasteiger partial charge >= 0.3 is 0 Å². The molecule has 1 aromatic rings. The zero-order valence-electron chi connectivity index (χ0n) is 12.9. The van der Waals surface area contributed by atoms with Gasteiger partial charge in [0.25, 0.3) is 0 Å². The molecule has 21 heavy (non-hydrogen) atoms. The molecule has 0 atom stereocenters. The molecule has 0 bridgehead atoms. The van der Waals surface area contributed by atoms with Gasteiger partial charge in [0.05, 0.1) is 13.2 Å². The third-order valence-corrected chi connectivity index (χ3v) is 4.80. The van der Waals surface area contributed by atoms with Gasteiger partial charge in [-0.1, -0.05) is 6.42 Å². The molecule has 3 rings (SSSR count). The molecule has 3 nitrogen and oxygen atoms in total. The average molecular weight is 293 g/mol. The van der Waals surface area contributed by atoms with E-state index in [1.807, 2.05) is 12.1 Å². The van der Waals surface area contributed by atoms with E-state index in [1.165, 1.54) is 0 Å². The molecule has 0 radical (unpaired) electrons. The Morgan fingerprint density at radius 3 is 2.24 bits per heavy atom. The second kappa shape index (κ2) is 5.16. The molecule has 116 valence electrons. The minimum atomic E-state index is -1.42. The Kier molecular flexibility index (Phi) is 3.60. The van der Waals surface area contributed by atoms with Crippen molar-refractivity contribution in [1.82, 2.24) is 0 Å². The molecule has 1 aliphatic carbocycles. The van der Waals surface area contributed by atoms with E-state index in [2.05, 4.69) is 0 Å². The molecule has 0 saturated heterocycles. The van der Waals surface area contributed by atoms with Crippen molar-refractivity contribution in [2.45, 2.75) is 50.6 Å². The standard InChI is InChI=1S/C17H24FNO2/c1-16(2,18)12-9-14-15(21-8-4-7-20-14)10-13(12)17(11-19)5-3-6-17/h9-10H,3-8,11,19H2,1-2H3. The van der Waals surface area contributed by atoms with Crippen LogP contribution in [0.5, 0.6) is 11.5 Å². The number of hydrogen-bond acceptors (Lipinski definition) is 3. The number of benzene rings is 1. The number of ether oxygens (including phenoxy) is 2. The van der Waals surface area contributed by atoms with Crippen molar-refractivity contribution in [2.75, 3.05) is 19.8 Å². The van der Waals surface area contributed by atoms with E-state index in [1.54, 1.807) is 13.8 Å². The first-order valence-corrected chi connectivity index (χ1v) is 7.80. The van der Waals surface area contributed by atoms with Crippen molar-refractivity contribution in [3.63, 3.8) is 0 Å². The predicted molar refractivity (Wildman–Crippen MR) is 80.8 cm³/mol. The van der Waals surface area contributed by atoms with Crippen molar-refractivity contribution < 1.29 is 13.9 Å². The van der Waals surface area contributed by atoms with Crippen LogP contribution in [0.2, 0.25) is 0 Å². The van der Waals surface area contributed by atoms with Gasteiger partial charge in [0.15, 0.2) is 11.5 Å². The van der Waals surface area contributed by atoms with Gasteiger partial charge in [0.2, 0.25) is 0 Å². The van der Waals surface area contributed by atoms with E-state index >= 15 is 0 Å². The van der Waals surface area contributed by atoms with Crippen molar-refractivity contribution in [2.24, 2.45) is 5.73 Å². The Morgan fingerprint density at radius 1 is 1.14 bits per heavy atom. The first kappa shape index (κ1) is 14.6. The zero-order valence-corrected chi connectivity index (χ0v) is 12.9. The molecule has 4 heteroatoms. The van der Waals surface area contributed by atoms with Crippen LogP contribution in [0.3, 0.4) is 0 Å². The van der Waals surface area contributed by atoms with Crippen molar-refractivity contribution in [3.05, 3.63) is 23.3 Å². The minimum Gasteiger partial charge on any atom is -0.490 e. The Morgan fingerprint density at radius 2 is 1.76 bits per heavy atom. The van der Waals surface area contributed by atoms with E-state index < -0.39 is 5.67 Å². The van der Waals surface area contributed by atoms with Crippen LogP contribution in [0.15, 0.2) is 12.1 Å². The summed E-state index contributed by atoms with van der Waals surface area (Å²) in [5, 5.41) is 0. The molecule has 0 amide bonds. The van der Waals surface area contributed by atoms with Gasteiger partial charge in [0, 0.05) is 18.4 Å². The second-order valence-electron chi connectivity index (χ2n) is 6.71. The lowest BCUT2D eigenvalue weighted by molar-refractivity contribution is 0.199. The first-order valence-electron chi connectivity index (χ1n) is 7.80. The third-order valence-electron chi connectivity index (χ3n) is 4.80. The highest BCUT2D eigenvalue weighted by Gasteiger charge is 2.42. The predicted octanol–water partition coefficient (Wildman–Crippen LogP) is 3.43. The third kappa shape index (κ3) is 2.50. The first-order chi connectivity index (χ1) is 9.96. The Hall–Kier alpha value is -1.29. The molecule has 2 aliphatic rings. The Bertz CT molecular complexity index is 527. The summed E-state index contributed by atoms with van der Waals surface area (Å²) in [4.78, 5) is 0. The molecular weight excluding hydrogens is 269 g/mol. The van der Waals surface area contributed by atoms with Crippen LogP contribution in [0.4, 0.5) is 4.39 Å². The highest BCUT2D eigenvalue weighted by atomic mass is 19.1. The van der Waals surface area contributed by atoms with Crippen LogP contribution in [0.1, 0.15) is 50.7 Å². The number of rotatable bonds is 3. The lowest BCUT2D eigenvalue weighted by Crippen LogP contribution is -2.43. The fourth-order valence-electron chi connectivity index (χ4n) is 3.33. The molecule has 1 saturated carbocycles. The van der Waals surface area contributed by atoms with Gasteiger partial charge in [-0.3, -0.25) is 0 Å². The molecule has 1 fully saturated rings. The van der Waals surface area contributed by atoms with Crippen LogP contribution in [0, 0.1) is 0 Å². The van der Waals surface area contributed by atoms with Crippen LogP contribution in [-0.4, -0.2) is 19.8 Å². The van der Waals surface area contributed by atoms with Crippen LogP contribution in [0.25, 0.3) is 0 Å². The molecule has 0 aromatic heterocycles. The maximum Gasteiger partial charge on any atom is 0.161 e. The van der Waals surface area contributed by atoms with Gasteiger partial charge in [0.1, 0.15) is 5.67 Å². The van der Waals surface area contributed by atoms with Gasteiger partial charge in [-0.15, -0.1) is 0 Å². The van der Waals surface area contributed by atoms with Gasteiger partial charge in [-0.2, -0.15) is 0 Å². The Balaban J connectivity index is 2.14. The number of hydrogen-bond donors (Lipinski definition) is 1. The molecule has 1 heterocycles. The van der Waals surface area contributed by atoms with Crippen molar-refractivity contribution in [3.8, 4) is 11.5 Å². The number of nitrogens with two attached hydrogens (primary N) is 1.